The minimum atomic E-state index is 0. The molecule has 0 spiro atoms. The molecule has 4 nitrogen and oxygen atoms in total. The number of rotatable bonds is 0. The summed E-state index contributed by atoms with van der Waals surface area (Å²) in [7, 11) is 0. The molecule has 3 N–H and O–H groups in total. The third-order valence-corrected chi connectivity index (χ3v) is 6.84. The van der Waals surface area contributed by atoms with Gasteiger partial charge in [-0.25, -0.2) is 5.90 Å². The Balaban J connectivity index is 0.000000586. The Kier molecular flexibility index (Phi) is 9.20. The van der Waals surface area contributed by atoms with E-state index in [1.165, 1.54) is 24.8 Å². The van der Waals surface area contributed by atoms with Crippen molar-refractivity contribution in [2.75, 3.05) is 0 Å². The van der Waals surface area contributed by atoms with Gasteiger partial charge in [0.1, 0.15) is 0 Å². The second-order valence-electron chi connectivity index (χ2n) is 7.93. The van der Waals surface area contributed by atoms with Crippen molar-refractivity contribution in [3.05, 3.63) is 41.9 Å². The van der Waals surface area contributed by atoms with E-state index in [9.17, 15) is 4.79 Å². The number of carbonyl (C=O) groups excluding carboxylic acids is 1. The Labute approximate surface area is 207 Å². The Morgan fingerprint density at radius 2 is 1.96 bits per heavy atom. The number of ketones is 1. The molecule has 4 aliphatic carbocycles. The van der Waals surface area contributed by atoms with Gasteiger partial charge < -0.3 is 10.8 Å². The van der Waals surface area contributed by atoms with Gasteiger partial charge >= 0.3 is 51.4 Å². The van der Waals surface area contributed by atoms with Crippen LogP contribution in [0.2, 0.25) is 0 Å². The summed E-state index contributed by atoms with van der Waals surface area (Å²) in [5, 5.41) is 0. The summed E-state index contributed by atoms with van der Waals surface area (Å²) < 4.78 is 0. The van der Waals surface area contributed by atoms with Crippen LogP contribution in [0.1, 0.15) is 46.0 Å². The van der Waals surface area contributed by atoms with Crippen LogP contribution in [0.3, 0.4) is 0 Å². The third kappa shape index (κ3) is 4.41. The summed E-state index contributed by atoms with van der Waals surface area (Å²) >= 11 is 0. The number of nitrogens with two attached hydrogens (primary N) is 1. The number of fused-ring (bicyclic) bond motifs is 5. The first-order chi connectivity index (χ1) is 10.9. The van der Waals surface area contributed by atoms with Crippen molar-refractivity contribution in [2.24, 2.45) is 34.5 Å². The van der Waals surface area contributed by atoms with E-state index < -0.39 is 0 Å². The van der Waals surface area contributed by atoms with Crippen LogP contribution in [0.5, 0.6) is 0 Å². The van der Waals surface area contributed by atoms with Crippen molar-refractivity contribution in [3.63, 3.8) is 0 Å². The normalized spacial score (nSPS) is 40.2. The zero-order valence-corrected chi connectivity index (χ0v) is 21.5. The summed E-state index contributed by atoms with van der Waals surface area (Å²) in [4.78, 5) is 14.7. The molecular weight excluding hydrogens is 511 g/mol. The maximum atomic E-state index is 11.7. The largest absolute Gasteiger partial charge is 1.00 e. The first-order valence-corrected chi connectivity index (χ1v) is 8.58. The van der Waals surface area contributed by atoms with Crippen LogP contribution in [-0.2, 0) is 30.8 Å². The molecule has 0 heterocycles. The van der Waals surface area contributed by atoms with Crippen LogP contribution in [0.15, 0.2) is 36.0 Å². The number of hydrogen-bond acceptors (Lipinski definition) is 3. The number of carbonyl (C=O) groups is 1. The van der Waals surface area contributed by atoms with E-state index in [1.54, 1.807) is 0 Å². The fourth-order valence-electron chi connectivity index (χ4n) is 5.48. The van der Waals surface area contributed by atoms with Gasteiger partial charge in [0.05, 0.1) is 0 Å². The monoisotopic (exact) mass is 538 g/mol. The SMILES string of the molecule is C[C@@]12C=CCC1C1C=CC3=CC(=O)CC[C@]3(C)C1CC2.[K+].[NH-]ON.[W]. The van der Waals surface area contributed by atoms with Crippen LogP contribution < -0.4 is 57.3 Å². The zero-order valence-electron chi connectivity index (χ0n) is 15.5. The van der Waals surface area contributed by atoms with Crippen molar-refractivity contribution >= 4 is 5.78 Å². The van der Waals surface area contributed by atoms with E-state index in [-0.39, 0.29) is 77.9 Å². The number of hydrogen-bond donors (Lipinski definition) is 1. The smallest absolute Gasteiger partial charge is 0.529 e. The molecule has 25 heavy (non-hydrogen) atoms. The molecule has 6 heteroatoms. The molecule has 0 aliphatic heterocycles. The molecule has 0 aromatic heterocycles. The predicted molar refractivity (Wildman–Crippen MR) is 90.7 cm³/mol. The second kappa shape index (κ2) is 9.53. The minimum Gasteiger partial charge on any atom is -0.529 e. The maximum Gasteiger partial charge on any atom is 1.00 e. The van der Waals surface area contributed by atoms with E-state index >= 15 is 0 Å². The molecule has 4 aliphatic rings. The van der Waals surface area contributed by atoms with Crippen molar-refractivity contribution < 1.29 is 82.2 Å². The van der Waals surface area contributed by atoms with Crippen molar-refractivity contribution in [1.29, 1.82) is 0 Å². The van der Waals surface area contributed by atoms with Gasteiger partial charge in [-0.05, 0) is 65.9 Å². The van der Waals surface area contributed by atoms with Crippen LogP contribution in [-0.4, -0.2) is 5.78 Å². The van der Waals surface area contributed by atoms with E-state index in [2.05, 4.69) is 49.0 Å². The second-order valence-corrected chi connectivity index (χ2v) is 7.93. The Morgan fingerprint density at radius 3 is 2.64 bits per heavy atom. The van der Waals surface area contributed by atoms with Gasteiger partial charge in [0, 0.05) is 27.5 Å². The van der Waals surface area contributed by atoms with E-state index in [1.807, 2.05) is 6.08 Å². The van der Waals surface area contributed by atoms with E-state index in [0.29, 0.717) is 17.1 Å². The average Bonchev–Trinajstić information content (AvgIpc) is 2.90. The molecule has 0 radical (unpaired) electrons. The van der Waals surface area contributed by atoms with Crippen LogP contribution in [0.4, 0.5) is 0 Å². The van der Waals surface area contributed by atoms with Crippen molar-refractivity contribution in [2.45, 2.75) is 46.0 Å². The standard InChI is InChI=1S/C19H24O.K.H3N2O.W/c1-18-9-3-4-16(18)15-6-5-13-12-14(20)7-11-19(13,2)17(15)8-10-18;;1-3-2;/h3,5-6,9,12,15-17H,4,7-8,10-11H2,1-2H3;;1H,2H2;/q;+1;-1;/t15?,16?,17?,18-,19-;;;/m0.../s1. The quantitative estimate of drug-likeness (QED) is 0.287. The van der Waals surface area contributed by atoms with Gasteiger partial charge in [0.15, 0.2) is 5.78 Å². The number of allylic oxidation sites excluding steroid dienone is 6. The molecule has 0 aromatic carbocycles. The summed E-state index contributed by atoms with van der Waals surface area (Å²) in [6.07, 6.45) is 17.2. The van der Waals surface area contributed by atoms with Crippen molar-refractivity contribution in [1.82, 2.24) is 0 Å². The zero-order chi connectivity index (χ0) is 16.7. The molecule has 1 fully saturated rings. The Bertz CT molecular complexity index is 592. The molecule has 1 saturated carbocycles. The first-order valence-electron chi connectivity index (χ1n) is 8.58. The van der Waals surface area contributed by atoms with Gasteiger partial charge in [0.2, 0.25) is 0 Å². The van der Waals surface area contributed by atoms with Crippen LogP contribution in [0.25, 0.3) is 5.90 Å². The Hall–Kier alpha value is 1.09. The molecule has 4 rings (SSSR count). The first kappa shape index (κ1) is 24.1. The molecule has 132 valence electrons. The van der Waals surface area contributed by atoms with Gasteiger partial charge in [0.25, 0.3) is 0 Å². The van der Waals surface area contributed by atoms with E-state index in [0.717, 1.165) is 24.7 Å². The third-order valence-electron chi connectivity index (χ3n) is 6.84. The summed E-state index contributed by atoms with van der Waals surface area (Å²) in [6.45, 7) is 4.86. The minimum absolute atomic E-state index is 0. The van der Waals surface area contributed by atoms with Gasteiger partial charge in [-0.3, -0.25) is 4.79 Å². The summed E-state index contributed by atoms with van der Waals surface area (Å²) in [5.74, 6) is 12.1. The fraction of sp³-hybridized carbons (Fsp3) is 0.632. The van der Waals surface area contributed by atoms with Gasteiger partial charge in [-0.15, -0.1) is 0 Å². The maximum absolute atomic E-state index is 11.7. The van der Waals surface area contributed by atoms with E-state index in [4.69, 9.17) is 5.90 Å². The Morgan fingerprint density at radius 1 is 1.28 bits per heavy atom. The summed E-state index contributed by atoms with van der Waals surface area (Å²) in [5.41, 5.74) is 1.98. The van der Waals surface area contributed by atoms with Crippen molar-refractivity contribution in [3.8, 4) is 0 Å². The molecular formula is C19H27KN2O2W. The molecule has 3 unspecified atom stereocenters. The van der Waals surface area contributed by atoms with Gasteiger partial charge in [-0.1, -0.05) is 38.2 Å². The molecule has 0 amide bonds. The van der Waals surface area contributed by atoms with Gasteiger partial charge in [-0.2, -0.15) is 0 Å². The molecule has 0 saturated heterocycles. The summed E-state index contributed by atoms with van der Waals surface area (Å²) in [6, 6.07) is 0. The fourth-order valence-corrected chi connectivity index (χ4v) is 5.48. The molecule has 5 atom stereocenters. The average molecular weight is 538 g/mol. The topological polar surface area (TPSA) is 76.1 Å². The van der Waals surface area contributed by atoms with Crippen LogP contribution >= 0.6 is 0 Å². The molecule has 0 aromatic rings. The van der Waals surface area contributed by atoms with Crippen LogP contribution in [0, 0.1) is 28.6 Å². The molecule has 0 bridgehead atoms. The predicted octanol–water partition coefficient (Wildman–Crippen LogP) is 1.31. The number of nitrogens with one attached hydrogen (secondary N) is 1.